The number of hydrogen-bond acceptors (Lipinski definition) is 2. The number of hydrogen-bond donors (Lipinski definition) is 2. The Morgan fingerprint density at radius 1 is 1.33 bits per heavy atom. The maximum Gasteiger partial charge on any atom is 0.416 e. The second-order valence-electron chi connectivity index (χ2n) is 3.34. The third-order valence-electron chi connectivity index (χ3n) is 1.99. The van der Waals surface area contributed by atoms with Gasteiger partial charge in [-0.2, -0.15) is 13.2 Å². The highest BCUT2D eigenvalue weighted by Gasteiger charge is 2.30. The predicted molar refractivity (Wildman–Crippen MR) is 50.2 cm³/mol. The maximum absolute atomic E-state index is 12.3. The summed E-state index contributed by atoms with van der Waals surface area (Å²) >= 11 is 0. The topological polar surface area (TPSA) is 46.2 Å². The molecule has 0 aliphatic carbocycles. The second-order valence-corrected chi connectivity index (χ2v) is 3.34. The average Bonchev–Trinajstić information content (AvgIpc) is 2.17. The minimum atomic E-state index is -4.33. The summed E-state index contributed by atoms with van der Waals surface area (Å²) in [5, 5.41) is 8.68. The SMILES string of the molecule is N[C@@H](CO)Cc1cccc(C(F)(F)F)c1. The van der Waals surface area contributed by atoms with Crippen molar-refractivity contribution in [2.24, 2.45) is 5.73 Å². The molecule has 5 heteroatoms. The Labute approximate surface area is 85.5 Å². The molecule has 3 N–H and O–H groups in total. The van der Waals surface area contributed by atoms with E-state index in [4.69, 9.17) is 10.8 Å². The molecule has 0 heterocycles. The molecule has 84 valence electrons. The lowest BCUT2D eigenvalue weighted by Crippen LogP contribution is -2.26. The summed E-state index contributed by atoms with van der Waals surface area (Å²) in [5.41, 5.74) is 5.22. The van der Waals surface area contributed by atoms with Crippen LogP contribution >= 0.6 is 0 Å². The van der Waals surface area contributed by atoms with Gasteiger partial charge in [0.05, 0.1) is 12.2 Å². The van der Waals surface area contributed by atoms with Crippen LogP contribution in [0.2, 0.25) is 0 Å². The fraction of sp³-hybridized carbons (Fsp3) is 0.400. The average molecular weight is 219 g/mol. The Balaban J connectivity index is 2.84. The second kappa shape index (κ2) is 4.63. The number of aliphatic hydroxyl groups excluding tert-OH is 1. The Hall–Kier alpha value is -1.07. The van der Waals surface area contributed by atoms with Crippen molar-refractivity contribution in [1.82, 2.24) is 0 Å². The fourth-order valence-electron chi connectivity index (χ4n) is 1.24. The lowest BCUT2D eigenvalue weighted by atomic mass is 10.0. The third-order valence-corrected chi connectivity index (χ3v) is 1.99. The van der Waals surface area contributed by atoms with Crippen molar-refractivity contribution in [3.8, 4) is 0 Å². The van der Waals surface area contributed by atoms with Crippen LogP contribution in [0.4, 0.5) is 13.2 Å². The Morgan fingerprint density at radius 2 is 2.00 bits per heavy atom. The third kappa shape index (κ3) is 3.53. The predicted octanol–water partition coefficient (Wildman–Crippen LogP) is 1.57. The van der Waals surface area contributed by atoms with E-state index < -0.39 is 17.8 Å². The van der Waals surface area contributed by atoms with E-state index in [2.05, 4.69) is 0 Å². The van der Waals surface area contributed by atoms with Crippen LogP contribution in [0, 0.1) is 0 Å². The van der Waals surface area contributed by atoms with E-state index in [1.165, 1.54) is 6.07 Å². The molecule has 0 saturated carbocycles. The molecule has 1 aromatic rings. The van der Waals surface area contributed by atoms with Gasteiger partial charge in [0.2, 0.25) is 0 Å². The van der Waals surface area contributed by atoms with Crippen molar-refractivity contribution in [3.63, 3.8) is 0 Å². The number of benzene rings is 1. The van der Waals surface area contributed by atoms with Gasteiger partial charge in [-0.25, -0.2) is 0 Å². The number of rotatable bonds is 3. The minimum Gasteiger partial charge on any atom is -0.395 e. The fourth-order valence-corrected chi connectivity index (χ4v) is 1.24. The molecule has 15 heavy (non-hydrogen) atoms. The Morgan fingerprint density at radius 3 is 2.53 bits per heavy atom. The van der Waals surface area contributed by atoms with Gasteiger partial charge >= 0.3 is 6.18 Å². The van der Waals surface area contributed by atoms with E-state index in [0.29, 0.717) is 5.56 Å². The zero-order valence-corrected chi connectivity index (χ0v) is 7.96. The van der Waals surface area contributed by atoms with Gasteiger partial charge < -0.3 is 10.8 Å². The molecule has 0 aliphatic rings. The van der Waals surface area contributed by atoms with Gasteiger partial charge in [-0.05, 0) is 18.1 Å². The standard InChI is InChI=1S/C10H12F3NO/c11-10(12,13)8-3-1-2-7(4-8)5-9(14)6-15/h1-4,9,15H,5-6,14H2/t9-/m1/s1. The zero-order chi connectivity index (χ0) is 11.5. The summed E-state index contributed by atoms with van der Waals surface area (Å²) in [6.45, 7) is -0.240. The first-order chi connectivity index (χ1) is 6.93. The molecule has 0 aliphatic heterocycles. The van der Waals surface area contributed by atoms with E-state index in [1.54, 1.807) is 6.07 Å². The van der Waals surface area contributed by atoms with Gasteiger partial charge in [0, 0.05) is 6.04 Å². The largest absolute Gasteiger partial charge is 0.416 e. The van der Waals surface area contributed by atoms with Crippen LogP contribution in [-0.4, -0.2) is 17.8 Å². The van der Waals surface area contributed by atoms with E-state index in [0.717, 1.165) is 12.1 Å². The van der Waals surface area contributed by atoms with Crippen LogP contribution in [-0.2, 0) is 12.6 Å². The zero-order valence-electron chi connectivity index (χ0n) is 7.96. The molecule has 0 bridgehead atoms. The highest BCUT2D eigenvalue weighted by Crippen LogP contribution is 2.29. The maximum atomic E-state index is 12.3. The van der Waals surface area contributed by atoms with Crippen LogP contribution in [0.25, 0.3) is 0 Å². The van der Waals surface area contributed by atoms with Crippen molar-refractivity contribution in [2.75, 3.05) is 6.61 Å². The molecule has 0 fully saturated rings. The van der Waals surface area contributed by atoms with Crippen LogP contribution < -0.4 is 5.73 Å². The summed E-state index contributed by atoms with van der Waals surface area (Å²) in [7, 11) is 0. The smallest absolute Gasteiger partial charge is 0.395 e. The van der Waals surface area contributed by atoms with E-state index in [-0.39, 0.29) is 13.0 Å². The van der Waals surface area contributed by atoms with Gasteiger partial charge in [0.25, 0.3) is 0 Å². The molecule has 0 aromatic heterocycles. The highest BCUT2D eigenvalue weighted by molar-refractivity contribution is 5.26. The van der Waals surface area contributed by atoms with Crippen LogP contribution in [0.1, 0.15) is 11.1 Å². The lowest BCUT2D eigenvalue weighted by molar-refractivity contribution is -0.137. The normalized spacial score (nSPS) is 13.9. The number of nitrogens with two attached hydrogens (primary N) is 1. The van der Waals surface area contributed by atoms with E-state index in [1.807, 2.05) is 0 Å². The monoisotopic (exact) mass is 219 g/mol. The first kappa shape index (κ1) is 12.0. The Bertz CT molecular complexity index is 325. The number of alkyl halides is 3. The quantitative estimate of drug-likeness (QED) is 0.810. The minimum absolute atomic E-state index is 0.237. The molecular formula is C10H12F3NO. The number of halogens is 3. The molecule has 1 atom stereocenters. The molecule has 1 rings (SSSR count). The summed E-state index contributed by atoms with van der Waals surface area (Å²) in [5.74, 6) is 0. The molecule has 2 nitrogen and oxygen atoms in total. The van der Waals surface area contributed by atoms with Gasteiger partial charge in [-0.15, -0.1) is 0 Å². The van der Waals surface area contributed by atoms with Crippen molar-refractivity contribution >= 4 is 0 Å². The molecule has 0 radical (unpaired) electrons. The molecule has 0 amide bonds. The number of aliphatic hydroxyl groups is 1. The summed E-state index contributed by atoms with van der Waals surface area (Å²) in [6, 6.07) is 4.43. The van der Waals surface area contributed by atoms with Crippen molar-refractivity contribution in [2.45, 2.75) is 18.6 Å². The summed E-state index contributed by atoms with van der Waals surface area (Å²) < 4.78 is 36.9. The first-order valence-electron chi connectivity index (χ1n) is 4.46. The first-order valence-corrected chi connectivity index (χ1v) is 4.46. The highest BCUT2D eigenvalue weighted by atomic mass is 19.4. The molecule has 0 saturated heterocycles. The van der Waals surface area contributed by atoms with Crippen LogP contribution in [0.5, 0.6) is 0 Å². The van der Waals surface area contributed by atoms with Crippen LogP contribution in [0.3, 0.4) is 0 Å². The van der Waals surface area contributed by atoms with Crippen LogP contribution in [0.15, 0.2) is 24.3 Å². The van der Waals surface area contributed by atoms with Gasteiger partial charge in [-0.1, -0.05) is 18.2 Å². The Kier molecular flexibility index (Phi) is 3.71. The van der Waals surface area contributed by atoms with E-state index in [9.17, 15) is 13.2 Å². The van der Waals surface area contributed by atoms with Crippen molar-refractivity contribution in [3.05, 3.63) is 35.4 Å². The van der Waals surface area contributed by atoms with Crippen molar-refractivity contribution < 1.29 is 18.3 Å². The molecule has 1 aromatic carbocycles. The summed E-state index contributed by atoms with van der Waals surface area (Å²) in [4.78, 5) is 0. The van der Waals surface area contributed by atoms with Gasteiger partial charge in [-0.3, -0.25) is 0 Å². The van der Waals surface area contributed by atoms with E-state index >= 15 is 0 Å². The lowest BCUT2D eigenvalue weighted by Gasteiger charge is -2.11. The van der Waals surface area contributed by atoms with Gasteiger partial charge in [0.15, 0.2) is 0 Å². The molecule has 0 spiro atoms. The molecular weight excluding hydrogens is 207 g/mol. The summed E-state index contributed by atoms with van der Waals surface area (Å²) in [6.07, 6.45) is -4.10. The molecule has 0 unspecified atom stereocenters. The van der Waals surface area contributed by atoms with Gasteiger partial charge in [0.1, 0.15) is 0 Å². The van der Waals surface area contributed by atoms with Crippen molar-refractivity contribution in [1.29, 1.82) is 0 Å².